The zero-order chi connectivity index (χ0) is 17.1. The van der Waals surface area contributed by atoms with E-state index in [1.165, 1.54) is 16.9 Å². The standard InChI is InChI=1S/C21H18NO2S/c23-21-13-24-12-18(11-16-7-3-1-4-8-16)22(21)20-15-25-14-19(20)17-9-5-2-6-10-17/h1-10,15,18H,11-13H2. The molecule has 2 aromatic carbocycles. The molecule has 2 heterocycles. The van der Waals surface area contributed by atoms with E-state index in [1.54, 1.807) is 0 Å². The molecule has 1 aliphatic heterocycles. The van der Waals surface area contributed by atoms with E-state index in [0.29, 0.717) is 6.61 Å². The van der Waals surface area contributed by atoms with Crippen molar-refractivity contribution in [3.05, 3.63) is 77.0 Å². The summed E-state index contributed by atoms with van der Waals surface area (Å²) < 4.78 is 5.54. The number of morpholine rings is 1. The molecule has 25 heavy (non-hydrogen) atoms. The van der Waals surface area contributed by atoms with Gasteiger partial charge in [-0.15, -0.1) is 11.3 Å². The van der Waals surface area contributed by atoms with Gasteiger partial charge in [-0.25, -0.2) is 0 Å². The van der Waals surface area contributed by atoms with E-state index < -0.39 is 0 Å². The zero-order valence-electron chi connectivity index (χ0n) is 13.7. The number of nitrogens with zero attached hydrogens (tertiary/aromatic N) is 1. The van der Waals surface area contributed by atoms with Crippen LogP contribution in [0, 0.1) is 5.38 Å². The van der Waals surface area contributed by atoms with Crippen LogP contribution >= 0.6 is 11.3 Å². The summed E-state index contributed by atoms with van der Waals surface area (Å²) in [5.41, 5.74) is 4.21. The summed E-state index contributed by atoms with van der Waals surface area (Å²) in [7, 11) is 0. The highest BCUT2D eigenvalue weighted by Gasteiger charge is 2.32. The molecule has 0 bridgehead atoms. The lowest BCUT2D eigenvalue weighted by atomic mass is 10.0. The van der Waals surface area contributed by atoms with Crippen LogP contribution in [0.4, 0.5) is 5.69 Å². The summed E-state index contributed by atoms with van der Waals surface area (Å²) in [6.07, 6.45) is 0.774. The van der Waals surface area contributed by atoms with Crippen LogP contribution in [-0.4, -0.2) is 25.2 Å². The molecular weight excluding hydrogens is 330 g/mol. The minimum absolute atomic E-state index is 0.00545. The van der Waals surface area contributed by atoms with Crippen LogP contribution in [0.25, 0.3) is 11.1 Å². The predicted molar refractivity (Wildman–Crippen MR) is 101 cm³/mol. The quantitative estimate of drug-likeness (QED) is 0.707. The van der Waals surface area contributed by atoms with Crippen molar-refractivity contribution in [1.29, 1.82) is 0 Å². The minimum Gasteiger partial charge on any atom is -0.369 e. The van der Waals surface area contributed by atoms with Gasteiger partial charge in [0.05, 0.1) is 23.7 Å². The second-order valence-electron chi connectivity index (χ2n) is 6.09. The monoisotopic (exact) mass is 348 g/mol. The first-order chi connectivity index (χ1) is 12.3. The Hall–Kier alpha value is -2.43. The molecule has 1 amide bonds. The smallest absolute Gasteiger partial charge is 0.253 e. The van der Waals surface area contributed by atoms with Gasteiger partial charge in [-0.2, -0.15) is 0 Å². The fourth-order valence-corrected chi connectivity index (χ4v) is 3.98. The molecule has 1 fully saturated rings. The molecule has 1 saturated heterocycles. The van der Waals surface area contributed by atoms with E-state index in [9.17, 15) is 4.79 Å². The zero-order valence-corrected chi connectivity index (χ0v) is 14.5. The van der Waals surface area contributed by atoms with Crippen molar-refractivity contribution in [2.45, 2.75) is 12.5 Å². The van der Waals surface area contributed by atoms with Crippen molar-refractivity contribution >= 4 is 22.9 Å². The summed E-state index contributed by atoms with van der Waals surface area (Å²) in [4.78, 5) is 14.6. The molecule has 1 atom stereocenters. The fraction of sp³-hybridized carbons (Fsp3) is 0.190. The third kappa shape index (κ3) is 3.36. The van der Waals surface area contributed by atoms with Gasteiger partial charge in [0.15, 0.2) is 0 Å². The Kier molecular flexibility index (Phi) is 4.63. The molecule has 1 aromatic heterocycles. The van der Waals surface area contributed by atoms with Crippen molar-refractivity contribution in [1.82, 2.24) is 0 Å². The topological polar surface area (TPSA) is 29.5 Å². The third-order valence-corrected chi connectivity index (χ3v) is 5.06. The van der Waals surface area contributed by atoms with Gasteiger partial charge < -0.3 is 9.64 Å². The average molecular weight is 348 g/mol. The van der Waals surface area contributed by atoms with Crippen molar-refractivity contribution in [2.75, 3.05) is 18.1 Å². The highest BCUT2D eigenvalue weighted by molar-refractivity contribution is 7.08. The Morgan fingerprint density at radius 1 is 1.08 bits per heavy atom. The van der Waals surface area contributed by atoms with Crippen LogP contribution in [-0.2, 0) is 16.0 Å². The minimum atomic E-state index is -0.00545. The van der Waals surface area contributed by atoms with Crippen LogP contribution in [0.15, 0.2) is 66.0 Å². The van der Waals surface area contributed by atoms with Crippen LogP contribution in [0.1, 0.15) is 5.56 Å². The molecule has 0 spiro atoms. The Balaban J connectivity index is 1.69. The summed E-state index contributed by atoms with van der Waals surface area (Å²) in [6.45, 7) is 0.681. The molecule has 125 valence electrons. The van der Waals surface area contributed by atoms with E-state index >= 15 is 0 Å². The van der Waals surface area contributed by atoms with Crippen LogP contribution in [0.2, 0.25) is 0 Å². The van der Waals surface area contributed by atoms with Gasteiger partial charge in [0.25, 0.3) is 5.91 Å². The number of hydrogen-bond acceptors (Lipinski definition) is 3. The lowest BCUT2D eigenvalue weighted by molar-refractivity contribution is -0.127. The largest absolute Gasteiger partial charge is 0.369 e. The summed E-state index contributed by atoms with van der Waals surface area (Å²) >= 11 is 1.51. The maximum Gasteiger partial charge on any atom is 0.253 e. The fourth-order valence-electron chi connectivity index (χ4n) is 3.24. The molecule has 1 radical (unpaired) electrons. The summed E-state index contributed by atoms with van der Waals surface area (Å²) in [6, 6.07) is 20.4. The summed E-state index contributed by atoms with van der Waals surface area (Å²) in [5.74, 6) is 0.0103. The molecule has 0 saturated carbocycles. The van der Waals surface area contributed by atoms with Crippen molar-refractivity contribution in [2.24, 2.45) is 0 Å². The Morgan fingerprint density at radius 3 is 2.56 bits per heavy atom. The van der Waals surface area contributed by atoms with Gasteiger partial charge in [0.1, 0.15) is 6.61 Å². The van der Waals surface area contributed by atoms with Gasteiger partial charge in [0, 0.05) is 10.9 Å². The van der Waals surface area contributed by atoms with Gasteiger partial charge in [0.2, 0.25) is 0 Å². The third-order valence-electron chi connectivity index (χ3n) is 4.39. The van der Waals surface area contributed by atoms with Crippen molar-refractivity contribution in [3.63, 3.8) is 0 Å². The molecule has 1 unspecified atom stereocenters. The van der Waals surface area contributed by atoms with Crippen molar-refractivity contribution in [3.8, 4) is 11.1 Å². The molecular formula is C21H18NO2S. The molecule has 0 N–H and O–H groups in total. The number of carbonyl (C=O) groups is 1. The molecule has 3 aromatic rings. The van der Waals surface area contributed by atoms with Gasteiger partial charge in [-0.05, 0) is 17.5 Å². The number of anilines is 1. The second-order valence-corrected chi connectivity index (χ2v) is 6.76. The lowest BCUT2D eigenvalue weighted by Crippen LogP contribution is -2.50. The Bertz CT molecular complexity index is 845. The normalized spacial score (nSPS) is 17.7. The summed E-state index contributed by atoms with van der Waals surface area (Å²) in [5, 5.41) is 5.35. The number of amides is 1. The van der Waals surface area contributed by atoms with E-state index in [4.69, 9.17) is 4.74 Å². The van der Waals surface area contributed by atoms with Crippen LogP contribution in [0.3, 0.4) is 0 Å². The van der Waals surface area contributed by atoms with E-state index in [0.717, 1.165) is 23.2 Å². The highest BCUT2D eigenvalue weighted by atomic mass is 32.1. The van der Waals surface area contributed by atoms with Crippen LogP contribution in [0.5, 0.6) is 0 Å². The number of hydrogen-bond donors (Lipinski definition) is 0. The maximum atomic E-state index is 12.7. The first-order valence-electron chi connectivity index (χ1n) is 8.31. The van der Waals surface area contributed by atoms with E-state index in [2.05, 4.69) is 29.6 Å². The first-order valence-corrected chi connectivity index (χ1v) is 9.19. The lowest BCUT2D eigenvalue weighted by Gasteiger charge is -2.35. The van der Waals surface area contributed by atoms with Gasteiger partial charge >= 0.3 is 0 Å². The van der Waals surface area contributed by atoms with Crippen molar-refractivity contribution < 1.29 is 9.53 Å². The highest BCUT2D eigenvalue weighted by Crippen LogP contribution is 2.36. The second kappa shape index (κ2) is 7.21. The molecule has 0 aliphatic carbocycles. The van der Waals surface area contributed by atoms with Gasteiger partial charge in [-0.1, -0.05) is 60.7 Å². The molecule has 3 nitrogen and oxygen atoms in total. The molecule has 1 aliphatic rings. The van der Waals surface area contributed by atoms with Crippen LogP contribution < -0.4 is 4.90 Å². The first kappa shape index (κ1) is 16.1. The van der Waals surface area contributed by atoms with E-state index in [-0.39, 0.29) is 18.6 Å². The average Bonchev–Trinajstić information content (AvgIpc) is 3.13. The Labute approximate surface area is 151 Å². The van der Waals surface area contributed by atoms with Gasteiger partial charge in [-0.3, -0.25) is 4.79 Å². The number of rotatable bonds is 4. The number of ether oxygens (including phenoxy) is 1. The number of thiophene rings is 1. The number of benzene rings is 2. The maximum absolute atomic E-state index is 12.7. The van der Waals surface area contributed by atoms with E-state index in [1.807, 2.05) is 46.7 Å². The number of carbonyl (C=O) groups excluding carboxylic acids is 1. The molecule has 4 rings (SSSR count). The molecule has 4 heteroatoms. The Morgan fingerprint density at radius 2 is 1.80 bits per heavy atom. The SMILES string of the molecule is O=C1COCC(Cc2ccccc2)N1c1cs[c]c1-c1ccccc1. The predicted octanol–water partition coefficient (Wildman–Crippen LogP) is 4.19.